The molecule has 0 bridgehead atoms. The van der Waals surface area contributed by atoms with Gasteiger partial charge in [-0.2, -0.15) is 0 Å². The standard InChI is InChI=1S/C7H8.C4H8O.C4H10O/c1-7-5-3-2-4-6-7;1-3-4(2)5;1-2-3-4-5/h2-6H,1H3;3H2,1-2H3;5H,2-4H2,1H3. The van der Waals surface area contributed by atoms with Crippen molar-refractivity contribution in [2.75, 3.05) is 6.61 Å². The SMILES string of the molecule is CCC(C)=O.CCCCO.Cc1ccccc1. The van der Waals surface area contributed by atoms with Crippen LogP contribution in [0.1, 0.15) is 45.6 Å². The van der Waals surface area contributed by atoms with Gasteiger partial charge < -0.3 is 9.90 Å². The van der Waals surface area contributed by atoms with Gasteiger partial charge in [-0.25, -0.2) is 0 Å². The van der Waals surface area contributed by atoms with Gasteiger partial charge in [0, 0.05) is 13.0 Å². The average Bonchev–Trinajstić information content (AvgIpc) is 2.32. The van der Waals surface area contributed by atoms with Crippen LogP contribution in [0.4, 0.5) is 0 Å². The van der Waals surface area contributed by atoms with Crippen molar-refractivity contribution in [3.63, 3.8) is 0 Å². The van der Waals surface area contributed by atoms with Crippen molar-refractivity contribution in [2.45, 2.75) is 47.0 Å². The highest BCUT2D eigenvalue weighted by atomic mass is 16.2. The number of hydrogen-bond donors (Lipinski definition) is 1. The molecular weight excluding hydrogens is 212 g/mol. The van der Waals surface area contributed by atoms with Gasteiger partial charge in [0.15, 0.2) is 0 Å². The summed E-state index contributed by atoms with van der Waals surface area (Å²) in [6, 6.07) is 10.3. The summed E-state index contributed by atoms with van der Waals surface area (Å²) in [6.45, 7) is 7.91. The molecule has 0 radical (unpaired) electrons. The number of unbranched alkanes of at least 4 members (excludes halogenated alkanes) is 1. The summed E-state index contributed by atoms with van der Waals surface area (Å²) in [4.78, 5) is 9.81. The molecule has 0 atom stereocenters. The summed E-state index contributed by atoms with van der Waals surface area (Å²) in [7, 11) is 0. The predicted octanol–water partition coefficient (Wildman–Crippen LogP) is 3.76. The topological polar surface area (TPSA) is 37.3 Å². The van der Waals surface area contributed by atoms with Gasteiger partial charge in [0.25, 0.3) is 0 Å². The Labute approximate surface area is 106 Å². The van der Waals surface area contributed by atoms with Crippen LogP contribution in [0.25, 0.3) is 0 Å². The number of rotatable bonds is 3. The van der Waals surface area contributed by atoms with Crippen LogP contribution >= 0.6 is 0 Å². The van der Waals surface area contributed by atoms with Crippen LogP contribution in [0.3, 0.4) is 0 Å². The third-order valence-electron chi connectivity index (χ3n) is 1.95. The summed E-state index contributed by atoms with van der Waals surface area (Å²) in [5.74, 6) is 0.255. The van der Waals surface area contributed by atoms with E-state index >= 15 is 0 Å². The first-order valence-corrected chi connectivity index (χ1v) is 6.20. The van der Waals surface area contributed by atoms with Crippen molar-refractivity contribution < 1.29 is 9.90 Å². The molecule has 0 spiro atoms. The van der Waals surface area contributed by atoms with E-state index in [0.717, 1.165) is 12.8 Å². The van der Waals surface area contributed by atoms with E-state index in [1.165, 1.54) is 5.56 Å². The Morgan fingerprint density at radius 3 is 1.76 bits per heavy atom. The molecule has 1 aromatic rings. The molecule has 1 aromatic carbocycles. The van der Waals surface area contributed by atoms with Gasteiger partial charge in [0.1, 0.15) is 5.78 Å². The maximum absolute atomic E-state index is 9.81. The Morgan fingerprint density at radius 1 is 1.18 bits per heavy atom. The van der Waals surface area contributed by atoms with E-state index in [1.54, 1.807) is 6.92 Å². The van der Waals surface area contributed by atoms with Crippen LogP contribution in [0, 0.1) is 6.92 Å². The molecule has 98 valence electrons. The molecule has 1 N–H and O–H groups in total. The maximum Gasteiger partial charge on any atom is 0.129 e. The fraction of sp³-hybridized carbons (Fsp3) is 0.533. The first kappa shape index (κ1) is 18.2. The minimum Gasteiger partial charge on any atom is -0.396 e. The molecule has 2 nitrogen and oxygen atoms in total. The van der Waals surface area contributed by atoms with Crippen LogP contribution in [0.5, 0.6) is 0 Å². The summed E-state index contributed by atoms with van der Waals surface area (Å²) in [5, 5.41) is 8.07. The molecule has 0 heterocycles. The van der Waals surface area contributed by atoms with E-state index in [9.17, 15) is 4.79 Å². The number of aliphatic hydroxyl groups is 1. The first-order chi connectivity index (χ1) is 8.08. The van der Waals surface area contributed by atoms with E-state index in [-0.39, 0.29) is 5.78 Å². The fourth-order valence-corrected chi connectivity index (χ4v) is 0.692. The van der Waals surface area contributed by atoms with Gasteiger partial charge >= 0.3 is 0 Å². The van der Waals surface area contributed by atoms with E-state index in [0.29, 0.717) is 13.0 Å². The summed E-state index contributed by atoms with van der Waals surface area (Å²) < 4.78 is 0. The second kappa shape index (κ2) is 14.8. The highest BCUT2D eigenvalue weighted by molar-refractivity contribution is 5.74. The number of Topliss-reactive ketones (excluding diaryl/α,β-unsaturated/α-hetero) is 1. The molecule has 2 heteroatoms. The molecule has 0 aliphatic carbocycles. The number of aryl methyl sites for hydroxylation is 1. The van der Waals surface area contributed by atoms with E-state index in [4.69, 9.17) is 5.11 Å². The minimum atomic E-state index is 0.255. The van der Waals surface area contributed by atoms with Crippen molar-refractivity contribution in [2.24, 2.45) is 0 Å². The fourth-order valence-electron chi connectivity index (χ4n) is 0.692. The van der Waals surface area contributed by atoms with Crippen molar-refractivity contribution >= 4 is 5.78 Å². The Bertz CT molecular complexity index is 253. The van der Waals surface area contributed by atoms with E-state index in [2.05, 4.69) is 26.0 Å². The molecule has 0 aliphatic heterocycles. The van der Waals surface area contributed by atoms with E-state index < -0.39 is 0 Å². The molecule has 0 aliphatic rings. The van der Waals surface area contributed by atoms with Gasteiger partial charge in [-0.05, 0) is 20.3 Å². The quantitative estimate of drug-likeness (QED) is 0.870. The maximum atomic E-state index is 9.81. The summed E-state index contributed by atoms with van der Waals surface area (Å²) >= 11 is 0. The van der Waals surface area contributed by atoms with Gasteiger partial charge in [0.05, 0.1) is 0 Å². The molecular formula is C15H26O2. The summed E-state index contributed by atoms with van der Waals surface area (Å²) in [6.07, 6.45) is 2.70. The molecule has 0 saturated carbocycles. The Kier molecular flexibility index (Phi) is 15.9. The van der Waals surface area contributed by atoms with Gasteiger partial charge in [0.2, 0.25) is 0 Å². The Morgan fingerprint density at radius 2 is 1.65 bits per heavy atom. The van der Waals surface area contributed by atoms with E-state index in [1.807, 2.05) is 25.1 Å². The number of hydrogen-bond acceptors (Lipinski definition) is 2. The van der Waals surface area contributed by atoms with Crippen molar-refractivity contribution in [3.05, 3.63) is 35.9 Å². The number of carbonyl (C=O) groups excluding carboxylic acids is 1. The third-order valence-corrected chi connectivity index (χ3v) is 1.95. The second-order valence-electron chi connectivity index (χ2n) is 3.79. The smallest absolute Gasteiger partial charge is 0.129 e. The number of ketones is 1. The number of carbonyl (C=O) groups is 1. The number of aliphatic hydroxyl groups excluding tert-OH is 1. The van der Waals surface area contributed by atoms with Crippen molar-refractivity contribution in [3.8, 4) is 0 Å². The zero-order chi connectivity index (χ0) is 13.5. The molecule has 0 amide bonds. The minimum absolute atomic E-state index is 0.255. The zero-order valence-corrected chi connectivity index (χ0v) is 11.6. The third kappa shape index (κ3) is 20.8. The second-order valence-corrected chi connectivity index (χ2v) is 3.79. The van der Waals surface area contributed by atoms with Gasteiger partial charge in [-0.1, -0.05) is 56.2 Å². The van der Waals surface area contributed by atoms with Gasteiger partial charge in [-0.3, -0.25) is 0 Å². The molecule has 0 saturated heterocycles. The summed E-state index contributed by atoms with van der Waals surface area (Å²) in [5.41, 5.74) is 1.32. The van der Waals surface area contributed by atoms with Crippen molar-refractivity contribution in [1.29, 1.82) is 0 Å². The highest BCUT2D eigenvalue weighted by Gasteiger charge is 1.77. The van der Waals surface area contributed by atoms with Crippen LogP contribution in [0.2, 0.25) is 0 Å². The lowest BCUT2D eigenvalue weighted by atomic mass is 10.2. The monoisotopic (exact) mass is 238 g/mol. The Hall–Kier alpha value is -1.15. The lowest BCUT2D eigenvalue weighted by Gasteiger charge is -1.82. The normalized spacial score (nSPS) is 8.29. The average molecular weight is 238 g/mol. The first-order valence-electron chi connectivity index (χ1n) is 6.20. The molecule has 1 rings (SSSR count). The molecule has 0 aromatic heterocycles. The van der Waals surface area contributed by atoms with Crippen LogP contribution in [-0.4, -0.2) is 17.5 Å². The van der Waals surface area contributed by atoms with Gasteiger partial charge in [-0.15, -0.1) is 0 Å². The van der Waals surface area contributed by atoms with Crippen molar-refractivity contribution in [1.82, 2.24) is 0 Å². The molecule has 0 fully saturated rings. The highest BCUT2D eigenvalue weighted by Crippen LogP contribution is 1.92. The molecule has 17 heavy (non-hydrogen) atoms. The number of benzene rings is 1. The Balaban J connectivity index is 0. The largest absolute Gasteiger partial charge is 0.396 e. The zero-order valence-electron chi connectivity index (χ0n) is 11.6. The lowest BCUT2D eigenvalue weighted by Crippen LogP contribution is -1.80. The lowest BCUT2D eigenvalue weighted by molar-refractivity contribution is -0.116. The van der Waals surface area contributed by atoms with Crippen LogP contribution in [0.15, 0.2) is 30.3 Å². The van der Waals surface area contributed by atoms with Crippen LogP contribution < -0.4 is 0 Å². The molecule has 0 unspecified atom stereocenters. The van der Waals surface area contributed by atoms with Crippen LogP contribution in [-0.2, 0) is 4.79 Å². The predicted molar refractivity (Wildman–Crippen MR) is 74.1 cm³/mol.